The highest BCUT2D eigenvalue weighted by atomic mass is 19.1. The molecule has 2 aromatic carbocycles. The molecule has 8 nitrogen and oxygen atoms in total. The van der Waals surface area contributed by atoms with Crippen LogP contribution in [-0.2, 0) is 20.9 Å². The maximum atomic E-state index is 15.1. The highest BCUT2D eigenvalue weighted by molar-refractivity contribution is 5.90. The molecule has 0 saturated carbocycles. The summed E-state index contributed by atoms with van der Waals surface area (Å²) < 4.78 is 20.3. The molecule has 1 heterocycles. The Morgan fingerprint density at radius 2 is 1.94 bits per heavy atom. The standard InChI is InChI=1S/C23H27FN4O4/c1-13-7-20(14(2)6-16(13)9-26-11-22(25)30)19-5-4-17(8-21(19)24)28-12-18(32-23(28)31)10-27-15(3)29/h4-8,18,26H,9-12H2,1-3H3,(H2,25,30)(H,27,29)/t18-/m0/s1. The van der Waals surface area contributed by atoms with Gasteiger partial charge in [-0.1, -0.05) is 12.1 Å². The average molecular weight is 442 g/mol. The fourth-order valence-corrected chi connectivity index (χ4v) is 3.66. The SMILES string of the molecule is CC(=O)NC[C@H]1CN(c2ccc(-c3cc(C)c(CNCC(N)=O)cc3C)c(F)c2)C(=O)O1. The molecule has 4 N–H and O–H groups in total. The summed E-state index contributed by atoms with van der Waals surface area (Å²) in [4.78, 5) is 35.5. The number of cyclic esters (lactones) is 1. The minimum absolute atomic E-state index is 0.0843. The van der Waals surface area contributed by atoms with E-state index in [-0.39, 0.29) is 25.5 Å². The van der Waals surface area contributed by atoms with Crippen LogP contribution in [0.25, 0.3) is 11.1 Å². The predicted octanol–water partition coefficient (Wildman–Crippen LogP) is 2.15. The van der Waals surface area contributed by atoms with Gasteiger partial charge in [0.25, 0.3) is 0 Å². The van der Waals surface area contributed by atoms with Crippen LogP contribution < -0.4 is 21.3 Å². The summed E-state index contributed by atoms with van der Waals surface area (Å²) in [7, 11) is 0. The molecule has 0 unspecified atom stereocenters. The van der Waals surface area contributed by atoms with E-state index in [9.17, 15) is 14.4 Å². The Balaban J connectivity index is 1.78. The van der Waals surface area contributed by atoms with E-state index < -0.39 is 23.9 Å². The number of ether oxygens (including phenoxy) is 1. The molecule has 2 aromatic rings. The number of anilines is 1. The van der Waals surface area contributed by atoms with Crippen LogP contribution in [0.1, 0.15) is 23.6 Å². The van der Waals surface area contributed by atoms with E-state index in [1.807, 2.05) is 26.0 Å². The summed E-state index contributed by atoms with van der Waals surface area (Å²) in [5.41, 5.74) is 9.55. The van der Waals surface area contributed by atoms with Gasteiger partial charge in [0.15, 0.2) is 0 Å². The van der Waals surface area contributed by atoms with E-state index >= 15 is 4.39 Å². The second kappa shape index (κ2) is 9.78. The van der Waals surface area contributed by atoms with Crippen molar-refractivity contribution in [1.29, 1.82) is 0 Å². The molecule has 1 fully saturated rings. The number of carbonyl (C=O) groups is 3. The van der Waals surface area contributed by atoms with Crippen molar-refractivity contribution >= 4 is 23.6 Å². The third kappa shape index (κ3) is 5.42. The first-order chi connectivity index (χ1) is 15.2. The van der Waals surface area contributed by atoms with Crippen molar-refractivity contribution in [3.05, 3.63) is 52.8 Å². The lowest BCUT2D eigenvalue weighted by Gasteiger charge is -2.17. The number of carbonyl (C=O) groups excluding carboxylic acids is 3. The minimum Gasteiger partial charge on any atom is -0.442 e. The number of aryl methyl sites for hydroxylation is 2. The van der Waals surface area contributed by atoms with Crippen molar-refractivity contribution in [3.8, 4) is 11.1 Å². The second-order valence-electron chi connectivity index (χ2n) is 7.88. The van der Waals surface area contributed by atoms with E-state index in [4.69, 9.17) is 10.5 Å². The highest BCUT2D eigenvalue weighted by Crippen LogP contribution is 2.32. The van der Waals surface area contributed by atoms with Crippen molar-refractivity contribution in [2.24, 2.45) is 5.73 Å². The van der Waals surface area contributed by atoms with Gasteiger partial charge in [0.2, 0.25) is 11.8 Å². The first kappa shape index (κ1) is 23.2. The van der Waals surface area contributed by atoms with E-state index in [1.54, 1.807) is 12.1 Å². The van der Waals surface area contributed by atoms with Crippen molar-refractivity contribution in [3.63, 3.8) is 0 Å². The Morgan fingerprint density at radius 3 is 2.59 bits per heavy atom. The zero-order valence-electron chi connectivity index (χ0n) is 18.3. The van der Waals surface area contributed by atoms with Crippen LogP contribution in [0.3, 0.4) is 0 Å². The van der Waals surface area contributed by atoms with Gasteiger partial charge in [0.1, 0.15) is 11.9 Å². The molecule has 0 spiro atoms. The topological polar surface area (TPSA) is 114 Å². The summed E-state index contributed by atoms with van der Waals surface area (Å²) in [5.74, 6) is -1.10. The molecule has 3 rings (SSSR count). The molecule has 1 aliphatic rings. The number of primary amides is 1. The number of nitrogens with one attached hydrogen (secondary N) is 2. The Labute approximate surface area is 185 Å². The third-order valence-corrected chi connectivity index (χ3v) is 5.30. The molecule has 9 heteroatoms. The largest absolute Gasteiger partial charge is 0.442 e. The maximum absolute atomic E-state index is 15.1. The number of hydrogen-bond donors (Lipinski definition) is 3. The minimum atomic E-state index is -0.577. The normalized spacial score (nSPS) is 15.6. The van der Waals surface area contributed by atoms with Gasteiger partial charge in [0, 0.05) is 19.0 Å². The molecule has 1 saturated heterocycles. The van der Waals surface area contributed by atoms with Gasteiger partial charge in [-0.3, -0.25) is 14.5 Å². The molecule has 1 atom stereocenters. The molecule has 0 aromatic heterocycles. The predicted molar refractivity (Wildman–Crippen MR) is 119 cm³/mol. The van der Waals surface area contributed by atoms with Gasteiger partial charge in [-0.25, -0.2) is 9.18 Å². The maximum Gasteiger partial charge on any atom is 0.414 e. The summed E-state index contributed by atoms with van der Waals surface area (Å²) in [5, 5.41) is 5.59. The molecule has 3 amide bonds. The third-order valence-electron chi connectivity index (χ3n) is 5.30. The van der Waals surface area contributed by atoms with Gasteiger partial charge < -0.3 is 21.1 Å². The van der Waals surface area contributed by atoms with Crippen LogP contribution in [0.2, 0.25) is 0 Å². The van der Waals surface area contributed by atoms with Crippen molar-refractivity contribution < 1.29 is 23.5 Å². The smallest absolute Gasteiger partial charge is 0.414 e. The molecular formula is C23H27FN4O4. The number of benzene rings is 2. The lowest BCUT2D eigenvalue weighted by Crippen LogP contribution is -2.33. The monoisotopic (exact) mass is 442 g/mol. The average Bonchev–Trinajstić information content (AvgIpc) is 3.09. The fourth-order valence-electron chi connectivity index (χ4n) is 3.66. The molecule has 170 valence electrons. The lowest BCUT2D eigenvalue weighted by atomic mass is 9.94. The van der Waals surface area contributed by atoms with E-state index in [2.05, 4.69) is 10.6 Å². The number of nitrogens with two attached hydrogens (primary N) is 1. The summed E-state index contributed by atoms with van der Waals surface area (Å²) in [6.45, 7) is 6.20. The number of nitrogens with zero attached hydrogens (tertiary/aromatic N) is 1. The molecular weight excluding hydrogens is 415 g/mol. The van der Waals surface area contributed by atoms with E-state index in [0.717, 1.165) is 22.3 Å². The first-order valence-electron chi connectivity index (χ1n) is 10.3. The van der Waals surface area contributed by atoms with Crippen LogP contribution in [0, 0.1) is 19.7 Å². The quantitative estimate of drug-likeness (QED) is 0.580. The van der Waals surface area contributed by atoms with Crippen LogP contribution >= 0.6 is 0 Å². The Bertz CT molecular complexity index is 1060. The molecule has 0 bridgehead atoms. The number of amides is 3. The zero-order valence-corrected chi connectivity index (χ0v) is 18.3. The van der Waals surface area contributed by atoms with Gasteiger partial charge in [0.05, 0.1) is 25.3 Å². The van der Waals surface area contributed by atoms with Crippen LogP contribution in [0.5, 0.6) is 0 Å². The van der Waals surface area contributed by atoms with Gasteiger partial charge >= 0.3 is 6.09 Å². The van der Waals surface area contributed by atoms with Crippen LogP contribution in [-0.4, -0.2) is 43.6 Å². The zero-order chi connectivity index (χ0) is 23.4. The Morgan fingerprint density at radius 1 is 1.19 bits per heavy atom. The van der Waals surface area contributed by atoms with E-state index in [1.165, 1.54) is 17.9 Å². The molecule has 0 radical (unpaired) electrons. The second-order valence-corrected chi connectivity index (χ2v) is 7.88. The lowest BCUT2D eigenvalue weighted by molar-refractivity contribution is -0.119. The Hall–Kier alpha value is -3.46. The van der Waals surface area contributed by atoms with Crippen molar-refractivity contribution in [2.75, 3.05) is 24.5 Å². The fraction of sp³-hybridized carbons (Fsp3) is 0.348. The van der Waals surface area contributed by atoms with Crippen molar-refractivity contribution in [1.82, 2.24) is 10.6 Å². The molecule has 1 aliphatic heterocycles. The number of halogens is 1. The Kier molecular flexibility index (Phi) is 7.09. The van der Waals surface area contributed by atoms with Gasteiger partial charge in [-0.2, -0.15) is 0 Å². The van der Waals surface area contributed by atoms with Gasteiger partial charge in [-0.15, -0.1) is 0 Å². The van der Waals surface area contributed by atoms with Crippen LogP contribution in [0.4, 0.5) is 14.9 Å². The van der Waals surface area contributed by atoms with Crippen molar-refractivity contribution in [2.45, 2.75) is 33.4 Å². The van der Waals surface area contributed by atoms with Gasteiger partial charge in [-0.05, 0) is 54.3 Å². The summed E-state index contributed by atoms with van der Waals surface area (Å²) in [6, 6.07) is 8.50. The van der Waals surface area contributed by atoms with Crippen LogP contribution in [0.15, 0.2) is 30.3 Å². The molecule has 32 heavy (non-hydrogen) atoms. The first-order valence-corrected chi connectivity index (χ1v) is 10.3. The molecule has 0 aliphatic carbocycles. The van der Waals surface area contributed by atoms with E-state index in [0.29, 0.717) is 17.8 Å². The highest BCUT2D eigenvalue weighted by Gasteiger charge is 2.32. The number of hydrogen-bond acceptors (Lipinski definition) is 5. The summed E-state index contributed by atoms with van der Waals surface area (Å²) >= 11 is 0. The summed E-state index contributed by atoms with van der Waals surface area (Å²) in [6.07, 6.45) is -1.07. The number of rotatable bonds is 8.